The Morgan fingerprint density at radius 3 is 2.61 bits per heavy atom. The van der Waals surface area contributed by atoms with Crippen LogP contribution in [-0.4, -0.2) is 52.9 Å². The van der Waals surface area contributed by atoms with Gasteiger partial charge in [-0.25, -0.2) is 4.98 Å². The Morgan fingerprint density at radius 2 is 1.96 bits per heavy atom. The summed E-state index contributed by atoms with van der Waals surface area (Å²) in [6.07, 6.45) is 1.76. The Kier molecular flexibility index (Phi) is 4.73. The first-order valence-corrected chi connectivity index (χ1v) is 7.90. The van der Waals surface area contributed by atoms with Gasteiger partial charge >= 0.3 is 0 Å². The van der Waals surface area contributed by atoms with Crippen LogP contribution in [0.1, 0.15) is 12.8 Å². The first kappa shape index (κ1) is 15.7. The minimum Gasteiger partial charge on any atom is -0.439 e. The van der Waals surface area contributed by atoms with Gasteiger partial charge in [0.05, 0.1) is 18.8 Å². The number of benzene rings is 1. The number of aromatic nitrogens is 1. The Labute approximate surface area is 135 Å². The Bertz CT molecular complexity index is 646. The number of hydrogen-bond donors (Lipinski definition) is 1. The predicted octanol–water partition coefficient (Wildman–Crippen LogP) is 1.33. The third kappa shape index (κ3) is 3.78. The highest BCUT2D eigenvalue weighted by atomic mass is 16.4. The summed E-state index contributed by atoms with van der Waals surface area (Å²) < 4.78 is 5.83. The van der Waals surface area contributed by atoms with Crippen LogP contribution in [0.15, 0.2) is 40.9 Å². The fourth-order valence-electron chi connectivity index (χ4n) is 2.72. The molecule has 6 heteroatoms. The maximum Gasteiger partial charge on any atom is 0.239 e. The molecule has 0 unspecified atom stereocenters. The summed E-state index contributed by atoms with van der Waals surface area (Å²) in [6.45, 7) is 5.40. The molecule has 2 N–H and O–H groups in total. The molecule has 0 saturated carbocycles. The zero-order chi connectivity index (χ0) is 16.2. The lowest BCUT2D eigenvalue weighted by Gasteiger charge is -2.34. The summed E-state index contributed by atoms with van der Waals surface area (Å²) in [5.74, 6) is 1.51. The van der Waals surface area contributed by atoms with Gasteiger partial charge in [-0.3, -0.25) is 9.69 Å². The van der Waals surface area contributed by atoms with Crippen molar-refractivity contribution in [1.82, 2.24) is 14.8 Å². The summed E-state index contributed by atoms with van der Waals surface area (Å²) in [4.78, 5) is 20.3. The molecule has 1 fully saturated rings. The topological polar surface area (TPSA) is 75.6 Å². The molecule has 2 heterocycles. The summed E-state index contributed by atoms with van der Waals surface area (Å²) in [6, 6.07) is 9.51. The first-order chi connectivity index (χ1) is 11.1. The van der Waals surface area contributed by atoms with E-state index in [1.165, 1.54) is 0 Å². The number of amides is 1. The fourth-order valence-corrected chi connectivity index (χ4v) is 2.72. The second-order valence-electron chi connectivity index (χ2n) is 5.87. The number of carbonyl (C=O) groups is 1. The molecule has 2 aromatic rings. The number of hydrogen-bond acceptors (Lipinski definition) is 5. The standard InChI is InChI=1S/C17H22N4O2/c1-13(18)17(22)21-9-7-20(8-10-21)12-16-19-11-15(23-16)14-5-3-2-4-6-14/h2-6,11,13H,7-10,12,18H2,1H3/t13-/m1/s1. The van der Waals surface area contributed by atoms with Gasteiger partial charge in [0.1, 0.15) is 0 Å². The van der Waals surface area contributed by atoms with Crippen molar-refractivity contribution < 1.29 is 9.21 Å². The van der Waals surface area contributed by atoms with Gasteiger partial charge in [-0.2, -0.15) is 0 Å². The van der Waals surface area contributed by atoms with Crippen LogP contribution in [0.3, 0.4) is 0 Å². The minimum atomic E-state index is -0.429. The van der Waals surface area contributed by atoms with E-state index < -0.39 is 6.04 Å². The highest BCUT2D eigenvalue weighted by Gasteiger charge is 2.23. The molecule has 0 spiro atoms. The number of nitrogens with zero attached hydrogens (tertiary/aromatic N) is 3. The van der Waals surface area contributed by atoms with E-state index in [1.54, 1.807) is 13.1 Å². The van der Waals surface area contributed by atoms with E-state index in [0.717, 1.165) is 24.4 Å². The lowest BCUT2D eigenvalue weighted by atomic mass is 10.2. The third-order valence-electron chi connectivity index (χ3n) is 4.04. The van der Waals surface area contributed by atoms with Crippen LogP contribution in [0.5, 0.6) is 0 Å². The molecule has 1 aromatic carbocycles. The molecule has 0 radical (unpaired) electrons. The Balaban J connectivity index is 1.55. The normalized spacial score (nSPS) is 17.2. The first-order valence-electron chi connectivity index (χ1n) is 7.90. The molecule has 0 bridgehead atoms. The smallest absolute Gasteiger partial charge is 0.239 e. The second-order valence-corrected chi connectivity index (χ2v) is 5.87. The van der Waals surface area contributed by atoms with Gasteiger partial charge in [0, 0.05) is 31.7 Å². The van der Waals surface area contributed by atoms with Crippen LogP contribution in [0.2, 0.25) is 0 Å². The van der Waals surface area contributed by atoms with Gasteiger partial charge in [0.2, 0.25) is 11.8 Å². The van der Waals surface area contributed by atoms with Crippen LogP contribution in [0.4, 0.5) is 0 Å². The number of carbonyl (C=O) groups excluding carboxylic acids is 1. The van der Waals surface area contributed by atoms with E-state index in [1.807, 2.05) is 35.2 Å². The summed E-state index contributed by atoms with van der Waals surface area (Å²) in [5.41, 5.74) is 6.68. The molecule has 1 aromatic heterocycles. The van der Waals surface area contributed by atoms with Crippen LogP contribution < -0.4 is 5.73 Å². The monoisotopic (exact) mass is 314 g/mol. The molecular formula is C17H22N4O2. The van der Waals surface area contributed by atoms with Crippen molar-refractivity contribution in [2.24, 2.45) is 5.73 Å². The average molecular weight is 314 g/mol. The van der Waals surface area contributed by atoms with E-state index in [9.17, 15) is 4.79 Å². The van der Waals surface area contributed by atoms with Gasteiger partial charge in [0.25, 0.3) is 0 Å². The Hall–Kier alpha value is -2.18. The number of piperazine rings is 1. The van der Waals surface area contributed by atoms with Crippen molar-refractivity contribution in [1.29, 1.82) is 0 Å². The van der Waals surface area contributed by atoms with Crippen molar-refractivity contribution in [3.05, 3.63) is 42.4 Å². The van der Waals surface area contributed by atoms with Crippen molar-refractivity contribution in [2.45, 2.75) is 19.5 Å². The lowest BCUT2D eigenvalue weighted by molar-refractivity contribution is -0.134. The van der Waals surface area contributed by atoms with Crippen LogP contribution in [0.25, 0.3) is 11.3 Å². The molecule has 1 atom stereocenters. The van der Waals surface area contributed by atoms with Gasteiger partial charge in [-0.15, -0.1) is 0 Å². The van der Waals surface area contributed by atoms with Crippen LogP contribution >= 0.6 is 0 Å². The van der Waals surface area contributed by atoms with E-state index in [4.69, 9.17) is 10.2 Å². The SMILES string of the molecule is C[C@@H](N)C(=O)N1CCN(Cc2ncc(-c3ccccc3)o2)CC1. The number of oxazole rings is 1. The molecule has 1 aliphatic rings. The van der Waals surface area contributed by atoms with E-state index >= 15 is 0 Å². The zero-order valence-electron chi connectivity index (χ0n) is 13.3. The maximum atomic E-state index is 11.9. The summed E-state index contributed by atoms with van der Waals surface area (Å²) in [7, 11) is 0. The predicted molar refractivity (Wildman–Crippen MR) is 87.4 cm³/mol. The van der Waals surface area contributed by atoms with E-state index in [-0.39, 0.29) is 5.91 Å². The van der Waals surface area contributed by atoms with Gasteiger partial charge in [-0.1, -0.05) is 30.3 Å². The number of nitrogens with two attached hydrogens (primary N) is 1. The van der Waals surface area contributed by atoms with Crippen molar-refractivity contribution >= 4 is 5.91 Å². The van der Waals surface area contributed by atoms with Crippen molar-refractivity contribution in [2.75, 3.05) is 26.2 Å². The second kappa shape index (κ2) is 6.93. The minimum absolute atomic E-state index is 0.0205. The fraction of sp³-hybridized carbons (Fsp3) is 0.412. The van der Waals surface area contributed by atoms with E-state index in [2.05, 4.69) is 9.88 Å². The van der Waals surface area contributed by atoms with Gasteiger partial charge in [0.15, 0.2) is 5.76 Å². The van der Waals surface area contributed by atoms with Crippen molar-refractivity contribution in [3.8, 4) is 11.3 Å². The molecule has 23 heavy (non-hydrogen) atoms. The van der Waals surface area contributed by atoms with Gasteiger partial charge in [-0.05, 0) is 6.92 Å². The molecule has 1 saturated heterocycles. The molecule has 1 aliphatic heterocycles. The third-order valence-corrected chi connectivity index (χ3v) is 4.04. The molecule has 0 aliphatic carbocycles. The van der Waals surface area contributed by atoms with Crippen molar-refractivity contribution in [3.63, 3.8) is 0 Å². The Morgan fingerprint density at radius 1 is 1.26 bits per heavy atom. The molecule has 1 amide bonds. The molecule has 6 nitrogen and oxygen atoms in total. The number of rotatable bonds is 4. The highest BCUT2D eigenvalue weighted by Crippen LogP contribution is 2.20. The quantitative estimate of drug-likeness (QED) is 0.921. The summed E-state index contributed by atoms with van der Waals surface area (Å²) >= 11 is 0. The van der Waals surface area contributed by atoms with Gasteiger partial charge < -0.3 is 15.1 Å². The van der Waals surface area contributed by atoms with Crippen LogP contribution in [0, 0.1) is 0 Å². The maximum absolute atomic E-state index is 11.9. The zero-order valence-corrected chi connectivity index (χ0v) is 13.3. The summed E-state index contributed by atoms with van der Waals surface area (Å²) in [5, 5.41) is 0. The molecule has 122 valence electrons. The molecular weight excluding hydrogens is 292 g/mol. The highest BCUT2D eigenvalue weighted by molar-refractivity contribution is 5.81. The van der Waals surface area contributed by atoms with Crippen LogP contribution in [-0.2, 0) is 11.3 Å². The van der Waals surface area contributed by atoms with E-state index in [0.29, 0.717) is 25.5 Å². The largest absolute Gasteiger partial charge is 0.439 e. The molecule has 3 rings (SSSR count). The average Bonchev–Trinajstić information content (AvgIpc) is 3.04. The lowest BCUT2D eigenvalue weighted by Crippen LogP contribution is -2.52.